The quantitative estimate of drug-likeness (QED) is 0.597. The molecule has 74 valence electrons. The maximum Gasteiger partial charge on any atom is 0.190 e. The molecule has 3 N–H and O–H groups in total. The summed E-state index contributed by atoms with van der Waals surface area (Å²) in [6.45, 7) is 0.686. The zero-order valence-corrected chi connectivity index (χ0v) is 7.88. The molecule has 1 atom stereocenters. The largest absolute Gasteiger partial charge is 0.482 e. The lowest BCUT2D eigenvalue weighted by atomic mass is 10.1. The summed E-state index contributed by atoms with van der Waals surface area (Å²) in [5.74, 6) is 0.677. The summed E-state index contributed by atoms with van der Waals surface area (Å²) in [6.07, 6.45) is 4.28. The standard InChI is InChI=1S/C9H16N2O2/c1-13-9-6-8(12)7(11-9)4-2-3-5-10/h6-7,11H,2-5,10H2,1H3/t7-/m1/s1. The van der Waals surface area contributed by atoms with Gasteiger partial charge in [0.15, 0.2) is 11.7 Å². The molecule has 0 spiro atoms. The molecule has 1 rings (SSSR count). The summed E-state index contributed by atoms with van der Waals surface area (Å²) < 4.78 is 4.92. The molecule has 4 nitrogen and oxygen atoms in total. The number of unbranched alkanes of at least 4 members (excludes halogenated alkanes) is 1. The summed E-state index contributed by atoms with van der Waals surface area (Å²) in [4.78, 5) is 11.3. The number of rotatable bonds is 5. The maximum absolute atomic E-state index is 11.3. The van der Waals surface area contributed by atoms with E-state index in [0.29, 0.717) is 12.4 Å². The third-order valence-corrected chi connectivity index (χ3v) is 2.10. The normalized spacial score (nSPS) is 21.2. The van der Waals surface area contributed by atoms with Crippen molar-refractivity contribution in [2.75, 3.05) is 13.7 Å². The predicted octanol–water partition coefficient (Wildman–Crippen LogP) is 0.144. The van der Waals surface area contributed by atoms with Crippen molar-refractivity contribution >= 4 is 5.78 Å². The second-order valence-electron chi connectivity index (χ2n) is 3.10. The van der Waals surface area contributed by atoms with Crippen LogP contribution in [-0.4, -0.2) is 25.5 Å². The second-order valence-corrected chi connectivity index (χ2v) is 3.10. The van der Waals surface area contributed by atoms with Gasteiger partial charge in [0.05, 0.1) is 13.2 Å². The first kappa shape index (κ1) is 10.1. The van der Waals surface area contributed by atoms with Crippen LogP contribution >= 0.6 is 0 Å². The molecule has 0 aromatic heterocycles. The van der Waals surface area contributed by atoms with Gasteiger partial charge in [-0.2, -0.15) is 0 Å². The fraction of sp³-hybridized carbons (Fsp3) is 0.667. The Hall–Kier alpha value is -1.03. The minimum Gasteiger partial charge on any atom is -0.482 e. The lowest BCUT2D eigenvalue weighted by molar-refractivity contribution is -0.115. The van der Waals surface area contributed by atoms with Gasteiger partial charge in [-0.25, -0.2) is 0 Å². The van der Waals surface area contributed by atoms with E-state index in [1.165, 1.54) is 6.08 Å². The van der Waals surface area contributed by atoms with Crippen molar-refractivity contribution in [3.8, 4) is 0 Å². The van der Waals surface area contributed by atoms with E-state index in [1.54, 1.807) is 7.11 Å². The van der Waals surface area contributed by atoms with Gasteiger partial charge < -0.3 is 15.8 Å². The molecule has 4 heteroatoms. The van der Waals surface area contributed by atoms with Gasteiger partial charge in [-0.3, -0.25) is 4.79 Å². The Morgan fingerprint density at radius 1 is 1.62 bits per heavy atom. The van der Waals surface area contributed by atoms with Crippen LogP contribution in [0.25, 0.3) is 0 Å². The first-order chi connectivity index (χ1) is 6.27. The second kappa shape index (κ2) is 4.87. The molecule has 0 amide bonds. The van der Waals surface area contributed by atoms with Crippen molar-refractivity contribution < 1.29 is 9.53 Å². The third kappa shape index (κ3) is 2.73. The molecule has 0 unspecified atom stereocenters. The Labute approximate surface area is 78.1 Å². The van der Waals surface area contributed by atoms with E-state index in [-0.39, 0.29) is 11.8 Å². The lowest BCUT2D eigenvalue weighted by Crippen LogP contribution is -2.29. The topological polar surface area (TPSA) is 64.3 Å². The van der Waals surface area contributed by atoms with E-state index < -0.39 is 0 Å². The summed E-state index contributed by atoms with van der Waals surface area (Å²) >= 11 is 0. The lowest BCUT2D eigenvalue weighted by Gasteiger charge is -2.10. The van der Waals surface area contributed by atoms with E-state index in [0.717, 1.165) is 19.3 Å². The summed E-state index contributed by atoms with van der Waals surface area (Å²) in [5.41, 5.74) is 5.36. The summed E-state index contributed by atoms with van der Waals surface area (Å²) in [5, 5.41) is 3.00. The highest BCUT2D eigenvalue weighted by Gasteiger charge is 2.23. The number of hydrogen-bond donors (Lipinski definition) is 2. The maximum atomic E-state index is 11.3. The van der Waals surface area contributed by atoms with Gasteiger partial charge in [-0.15, -0.1) is 0 Å². The number of nitrogens with two attached hydrogens (primary N) is 1. The molecule has 1 aliphatic rings. The fourth-order valence-electron chi connectivity index (χ4n) is 1.34. The molecular weight excluding hydrogens is 168 g/mol. The third-order valence-electron chi connectivity index (χ3n) is 2.10. The van der Waals surface area contributed by atoms with Gasteiger partial charge in [-0.05, 0) is 25.8 Å². The highest BCUT2D eigenvalue weighted by Crippen LogP contribution is 2.11. The van der Waals surface area contributed by atoms with Crippen LogP contribution in [0.1, 0.15) is 19.3 Å². The van der Waals surface area contributed by atoms with Crippen LogP contribution in [-0.2, 0) is 9.53 Å². The molecule has 0 aromatic carbocycles. The fourth-order valence-corrected chi connectivity index (χ4v) is 1.34. The average molecular weight is 184 g/mol. The number of hydrogen-bond acceptors (Lipinski definition) is 4. The van der Waals surface area contributed by atoms with E-state index in [2.05, 4.69) is 5.32 Å². The highest BCUT2D eigenvalue weighted by molar-refractivity contribution is 5.97. The molecule has 0 aliphatic carbocycles. The minimum absolute atomic E-state index is 0.0958. The van der Waals surface area contributed by atoms with Crippen molar-refractivity contribution in [1.29, 1.82) is 0 Å². The van der Waals surface area contributed by atoms with Gasteiger partial charge in [-0.1, -0.05) is 0 Å². The van der Waals surface area contributed by atoms with E-state index >= 15 is 0 Å². The Kier molecular flexibility index (Phi) is 3.76. The Morgan fingerprint density at radius 2 is 2.38 bits per heavy atom. The van der Waals surface area contributed by atoms with Gasteiger partial charge in [0.1, 0.15) is 0 Å². The van der Waals surface area contributed by atoms with Gasteiger partial charge in [0.2, 0.25) is 0 Å². The van der Waals surface area contributed by atoms with Gasteiger partial charge >= 0.3 is 0 Å². The van der Waals surface area contributed by atoms with Crippen molar-refractivity contribution in [1.82, 2.24) is 5.32 Å². The zero-order valence-electron chi connectivity index (χ0n) is 7.88. The Bertz CT molecular complexity index is 214. The molecule has 13 heavy (non-hydrogen) atoms. The summed E-state index contributed by atoms with van der Waals surface area (Å²) in [6, 6.07) is -0.0958. The van der Waals surface area contributed by atoms with E-state index in [1.807, 2.05) is 0 Å². The Balaban J connectivity index is 2.27. The molecule has 0 aromatic rings. The molecule has 0 radical (unpaired) electrons. The molecule has 0 bridgehead atoms. The van der Waals surface area contributed by atoms with Crippen LogP contribution in [0.4, 0.5) is 0 Å². The molecule has 0 fully saturated rings. The average Bonchev–Trinajstić information content (AvgIpc) is 2.48. The van der Waals surface area contributed by atoms with E-state index in [4.69, 9.17) is 10.5 Å². The smallest absolute Gasteiger partial charge is 0.190 e. The van der Waals surface area contributed by atoms with Crippen LogP contribution in [0.3, 0.4) is 0 Å². The molecular formula is C9H16N2O2. The zero-order chi connectivity index (χ0) is 9.68. The number of carbonyl (C=O) groups excluding carboxylic acids is 1. The number of methoxy groups -OCH3 is 1. The van der Waals surface area contributed by atoms with Crippen molar-refractivity contribution in [2.45, 2.75) is 25.3 Å². The number of ketones is 1. The first-order valence-electron chi connectivity index (χ1n) is 4.54. The molecule has 1 heterocycles. The predicted molar refractivity (Wildman–Crippen MR) is 49.9 cm³/mol. The SMILES string of the molecule is COC1=CC(=O)[C@@H](CCCCN)N1. The first-order valence-corrected chi connectivity index (χ1v) is 4.54. The highest BCUT2D eigenvalue weighted by atomic mass is 16.5. The van der Waals surface area contributed by atoms with Crippen LogP contribution < -0.4 is 11.1 Å². The van der Waals surface area contributed by atoms with Crippen LogP contribution in [0, 0.1) is 0 Å². The Morgan fingerprint density at radius 3 is 2.92 bits per heavy atom. The number of carbonyl (C=O) groups is 1. The van der Waals surface area contributed by atoms with Gasteiger partial charge in [0, 0.05) is 6.08 Å². The number of ether oxygens (including phenoxy) is 1. The van der Waals surface area contributed by atoms with Crippen molar-refractivity contribution in [3.05, 3.63) is 12.0 Å². The van der Waals surface area contributed by atoms with Crippen LogP contribution in [0.5, 0.6) is 0 Å². The molecule has 0 saturated heterocycles. The summed E-state index contributed by atoms with van der Waals surface area (Å²) in [7, 11) is 1.55. The minimum atomic E-state index is -0.0958. The van der Waals surface area contributed by atoms with Crippen LogP contribution in [0.15, 0.2) is 12.0 Å². The molecule has 1 aliphatic heterocycles. The van der Waals surface area contributed by atoms with Crippen molar-refractivity contribution in [3.63, 3.8) is 0 Å². The monoisotopic (exact) mass is 184 g/mol. The van der Waals surface area contributed by atoms with Gasteiger partial charge in [0.25, 0.3) is 0 Å². The van der Waals surface area contributed by atoms with E-state index in [9.17, 15) is 4.79 Å². The molecule has 0 saturated carbocycles. The van der Waals surface area contributed by atoms with Crippen molar-refractivity contribution in [2.24, 2.45) is 5.73 Å². The van der Waals surface area contributed by atoms with Crippen LogP contribution in [0.2, 0.25) is 0 Å². The number of nitrogens with one attached hydrogen (secondary N) is 1.